The predicted octanol–water partition coefficient (Wildman–Crippen LogP) is 4.63. The minimum atomic E-state index is -0.199. The van der Waals surface area contributed by atoms with Crippen LogP contribution in [0, 0.1) is 52.3 Å². The molecule has 0 aromatic carbocycles. The summed E-state index contributed by atoms with van der Waals surface area (Å²) in [5.74, 6) is 3.78. The van der Waals surface area contributed by atoms with Gasteiger partial charge in [-0.1, -0.05) is 34.1 Å². The van der Waals surface area contributed by atoms with Crippen molar-refractivity contribution in [1.29, 1.82) is 0 Å². The van der Waals surface area contributed by atoms with Crippen LogP contribution in [0.5, 0.6) is 0 Å². The van der Waals surface area contributed by atoms with Crippen LogP contribution in [0.3, 0.4) is 0 Å². The number of aliphatic hydroxyl groups is 3. The Morgan fingerprint density at radius 1 is 0.929 bits per heavy atom. The summed E-state index contributed by atoms with van der Waals surface area (Å²) < 4.78 is 0. The summed E-state index contributed by atoms with van der Waals surface area (Å²) in [5, 5.41) is 31.6. The zero-order valence-electron chi connectivity index (χ0n) is 18.6. The van der Waals surface area contributed by atoms with Crippen LogP contribution in [0.25, 0.3) is 0 Å². The second-order valence-corrected chi connectivity index (χ2v) is 11.6. The van der Waals surface area contributed by atoms with E-state index in [-0.39, 0.29) is 12.2 Å². The number of hydrogen-bond donors (Lipinski definition) is 3. The summed E-state index contributed by atoms with van der Waals surface area (Å²) in [6.07, 6.45) is 9.62. The fourth-order valence-corrected chi connectivity index (χ4v) is 9.34. The molecule has 0 saturated heterocycles. The summed E-state index contributed by atoms with van der Waals surface area (Å²) in [6, 6.07) is 0. The molecule has 3 heteroatoms. The van der Waals surface area contributed by atoms with Crippen molar-refractivity contribution in [1.82, 2.24) is 0 Å². The molecule has 0 aromatic heterocycles. The van der Waals surface area contributed by atoms with Crippen molar-refractivity contribution in [2.45, 2.75) is 97.7 Å². The molecule has 4 saturated carbocycles. The first kappa shape index (κ1) is 21.1. The monoisotopic (exact) mass is 392 g/mol. The molecule has 4 aliphatic carbocycles. The summed E-state index contributed by atoms with van der Waals surface area (Å²) in [7, 11) is 0. The third kappa shape index (κ3) is 2.94. The van der Waals surface area contributed by atoms with E-state index in [4.69, 9.17) is 0 Å². The lowest BCUT2D eigenvalue weighted by molar-refractivity contribution is -0.203. The average molecular weight is 393 g/mol. The van der Waals surface area contributed by atoms with Crippen LogP contribution in [0.1, 0.15) is 85.5 Å². The minimum absolute atomic E-state index is 0.167. The lowest BCUT2D eigenvalue weighted by Gasteiger charge is -2.64. The van der Waals surface area contributed by atoms with Crippen LogP contribution in [0.2, 0.25) is 0 Å². The molecular weight excluding hydrogens is 348 g/mol. The van der Waals surface area contributed by atoms with Crippen LogP contribution < -0.4 is 0 Å². The maximum atomic E-state index is 11.7. The van der Waals surface area contributed by atoms with Gasteiger partial charge in [0.2, 0.25) is 0 Å². The van der Waals surface area contributed by atoms with E-state index in [1.165, 1.54) is 25.7 Å². The standard InChI is InChI=1S/C25H44O3/c1-5-17-21-14-16(27)8-11-25(21,4)20-9-12-24(3)18(15(2)10-13-26)6-7-19(24)22(20)23(17)28/h15-23,26-28H,5-14H2,1-4H3/t15-,16-,17-,18-,19+,20+,21+,22+,23+,24-,25-/m1/s1. The molecule has 4 fully saturated rings. The fraction of sp³-hybridized carbons (Fsp3) is 1.00. The van der Waals surface area contributed by atoms with Gasteiger partial charge in [-0.25, -0.2) is 0 Å². The molecule has 0 heterocycles. The molecule has 11 atom stereocenters. The van der Waals surface area contributed by atoms with E-state index in [0.717, 1.165) is 32.1 Å². The zero-order valence-corrected chi connectivity index (χ0v) is 18.6. The first-order valence-electron chi connectivity index (χ1n) is 12.2. The smallest absolute Gasteiger partial charge is 0.0605 e. The molecule has 3 nitrogen and oxygen atoms in total. The summed E-state index contributed by atoms with van der Waals surface area (Å²) >= 11 is 0. The van der Waals surface area contributed by atoms with Gasteiger partial charge in [0, 0.05) is 6.61 Å². The van der Waals surface area contributed by atoms with Gasteiger partial charge in [0.15, 0.2) is 0 Å². The van der Waals surface area contributed by atoms with Gasteiger partial charge in [-0.2, -0.15) is 0 Å². The summed E-state index contributed by atoms with van der Waals surface area (Å²) in [4.78, 5) is 0. The van der Waals surface area contributed by atoms with Gasteiger partial charge in [-0.05, 0) is 104 Å². The zero-order chi connectivity index (χ0) is 20.3. The maximum absolute atomic E-state index is 11.7. The van der Waals surface area contributed by atoms with Crippen LogP contribution in [0.15, 0.2) is 0 Å². The molecule has 0 amide bonds. The van der Waals surface area contributed by atoms with Crippen molar-refractivity contribution in [3.8, 4) is 0 Å². The summed E-state index contributed by atoms with van der Waals surface area (Å²) in [6.45, 7) is 9.92. The van der Waals surface area contributed by atoms with E-state index in [9.17, 15) is 15.3 Å². The van der Waals surface area contributed by atoms with Crippen molar-refractivity contribution in [3.05, 3.63) is 0 Å². The van der Waals surface area contributed by atoms with Crippen molar-refractivity contribution in [2.24, 2.45) is 52.3 Å². The first-order chi connectivity index (χ1) is 13.3. The Bertz CT molecular complexity index is 564. The Hall–Kier alpha value is -0.120. The second kappa shape index (κ2) is 7.54. The molecule has 4 rings (SSSR count). The van der Waals surface area contributed by atoms with Crippen molar-refractivity contribution in [2.75, 3.05) is 6.61 Å². The highest BCUT2D eigenvalue weighted by atomic mass is 16.3. The third-order valence-corrected chi connectivity index (χ3v) is 10.7. The maximum Gasteiger partial charge on any atom is 0.0605 e. The lowest BCUT2D eigenvalue weighted by Crippen LogP contribution is -2.62. The average Bonchev–Trinajstić information content (AvgIpc) is 3.01. The van der Waals surface area contributed by atoms with E-state index in [1.54, 1.807) is 0 Å². The van der Waals surface area contributed by atoms with Crippen LogP contribution in [0.4, 0.5) is 0 Å². The van der Waals surface area contributed by atoms with Crippen molar-refractivity contribution < 1.29 is 15.3 Å². The highest BCUT2D eigenvalue weighted by molar-refractivity contribution is 5.13. The number of aliphatic hydroxyl groups excluding tert-OH is 3. The van der Waals surface area contributed by atoms with E-state index in [1.807, 2.05) is 0 Å². The minimum Gasteiger partial charge on any atom is -0.396 e. The van der Waals surface area contributed by atoms with Gasteiger partial charge < -0.3 is 15.3 Å². The van der Waals surface area contributed by atoms with E-state index in [0.29, 0.717) is 58.9 Å². The Morgan fingerprint density at radius 3 is 2.29 bits per heavy atom. The van der Waals surface area contributed by atoms with Crippen molar-refractivity contribution >= 4 is 0 Å². The van der Waals surface area contributed by atoms with Gasteiger partial charge in [-0.15, -0.1) is 0 Å². The Balaban J connectivity index is 1.67. The SMILES string of the molecule is CC[C@H]1[C@H](O)[C@@H]2[C@H](CC[C@]3(C)[C@@H]([C@H](C)CCO)CC[C@@H]23)[C@@]2(C)CC[C@@H](O)C[C@@H]12. The first-order valence-corrected chi connectivity index (χ1v) is 12.2. The van der Waals surface area contributed by atoms with Crippen LogP contribution in [-0.2, 0) is 0 Å². The fourth-order valence-electron chi connectivity index (χ4n) is 9.34. The predicted molar refractivity (Wildman–Crippen MR) is 113 cm³/mol. The molecule has 0 radical (unpaired) electrons. The highest BCUT2D eigenvalue weighted by Crippen LogP contribution is 2.69. The van der Waals surface area contributed by atoms with E-state index < -0.39 is 0 Å². The topological polar surface area (TPSA) is 60.7 Å². The number of hydrogen-bond acceptors (Lipinski definition) is 3. The van der Waals surface area contributed by atoms with Crippen LogP contribution in [-0.4, -0.2) is 34.1 Å². The quantitative estimate of drug-likeness (QED) is 0.653. The molecule has 3 N–H and O–H groups in total. The molecule has 0 bridgehead atoms. The molecule has 28 heavy (non-hydrogen) atoms. The third-order valence-electron chi connectivity index (χ3n) is 10.7. The van der Waals surface area contributed by atoms with Gasteiger partial charge in [0.25, 0.3) is 0 Å². The molecular formula is C25H44O3. The van der Waals surface area contributed by atoms with Gasteiger partial charge in [0.1, 0.15) is 0 Å². The highest BCUT2D eigenvalue weighted by Gasteiger charge is 2.64. The molecule has 0 unspecified atom stereocenters. The number of rotatable bonds is 4. The molecule has 0 aromatic rings. The Kier molecular flexibility index (Phi) is 5.69. The Labute approximate surface area is 172 Å². The van der Waals surface area contributed by atoms with Crippen molar-refractivity contribution in [3.63, 3.8) is 0 Å². The van der Waals surface area contributed by atoms with Gasteiger partial charge in [0.05, 0.1) is 12.2 Å². The Morgan fingerprint density at radius 2 is 1.61 bits per heavy atom. The van der Waals surface area contributed by atoms with E-state index >= 15 is 0 Å². The molecule has 4 aliphatic rings. The molecule has 0 aliphatic heterocycles. The van der Waals surface area contributed by atoms with Crippen LogP contribution >= 0.6 is 0 Å². The van der Waals surface area contributed by atoms with Gasteiger partial charge >= 0.3 is 0 Å². The lowest BCUT2D eigenvalue weighted by atomic mass is 9.41. The normalized spacial score (nSPS) is 54.5. The molecule has 162 valence electrons. The van der Waals surface area contributed by atoms with E-state index in [2.05, 4.69) is 27.7 Å². The largest absolute Gasteiger partial charge is 0.396 e. The second-order valence-electron chi connectivity index (χ2n) is 11.6. The molecule has 0 spiro atoms. The van der Waals surface area contributed by atoms with Gasteiger partial charge in [-0.3, -0.25) is 0 Å². The number of fused-ring (bicyclic) bond motifs is 5. The summed E-state index contributed by atoms with van der Waals surface area (Å²) in [5.41, 5.74) is 0.617.